The molecule has 1 amide bonds. The Kier molecular flexibility index (Phi) is 4.38. The van der Waals surface area contributed by atoms with Crippen molar-refractivity contribution < 1.29 is 9.32 Å². The average molecular weight is 373 g/mol. The molecule has 0 saturated heterocycles. The van der Waals surface area contributed by atoms with Crippen molar-refractivity contribution >= 4 is 39.0 Å². The van der Waals surface area contributed by atoms with Gasteiger partial charge in [-0.05, 0) is 43.3 Å². The van der Waals surface area contributed by atoms with E-state index >= 15 is 0 Å². The fourth-order valence-corrected chi connectivity index (χ4v) is 2.20. The summed E-state index contributed by atoms with van der Waals surface area (Å²) in [5, 5.41) is 9.71. The number of halogens is 1. The van der Waals surface area contributed by atoms with Crippen molar-refractivity contribution in [1.29, 1.82) is 0 Å². The Hall–Kier alpha value is -2.67. The second kappa shape index (κ2) is 6.62. The predicted molar refractivity (Wildman–Crippen MR) is 90.9 cm³/mol. The van der Waals surface area contributed by atoms with Crippen LogP contribution in [0.2, 0.25) is 0 Å². The van der Waals surface area contributed by atoms with E-state index in [0.29, 0.717) is 28.6 Å². The molecule has 0 atom stereocenters. The fourth-order valence-electron chi connectivity index (χ4n) is 1.93. The van der Waals surface area contributed by atoms with Gasteiger partial charge in [-0.1, -0.05) is 21.1 Å². The first-order valence-electron chi connectivity index (χ1n) is 6.83. The van der Waals surface area contributed by atoms with Gasteiger partial charge in [-0.2, -0.15) is 0 Å². The summed E-state index contributed by atoms with van der Waals surface area (Å²) in [5.74, 6) is 0.995. The van der Waals surface area contributed by atoms with Crippen molar-refractivity contribution in [2.45, 2.75) is 6.92 Å². The Balaban J connectivity index is 1.73. The van der Waals surface area contributed by atoms with Gasteiger partial charge in [0.2, 0.25) is 0 Å². The third-order valence-electron chi connectivity index (χ3n) is 3.00. The smallest absolute Gasteiger partial charge is 0.274 e. The molecule has 0 spiro atoms. The van der Waals surface area contributed by atoms with E-state index in [4.69, 9.17) is 4.52 Å². The SMILES string of the molecule is Cc1cc(Nc2ccnc(C(=O)Nc3ccc(Br)cc3)c2)no1. The Bertz CT molecular complexity index is 830. The van der Waals surface area contributed by atoms with Crippen LogP contribution in [-0.4, -0.2) is 16.0 Å². The lowest BCUT2D eigenvalue weighted by atomic mass is 10.2. The van der Waals surface area contributed by atoms with Crippen molar-refractivity contribution in [3.8, 4) is 0 Å². The van der Waals surface area contributed by atoms with E-state index in [9.17, 15) is 4.79 Å². The van der Waals surface area contributed by atoms with Crippen LogP contribution in [0.1, 0.15) is 16.2 Å². The molecule has 0 fully saturated rings. The molecule has 3 rings (SSSR count). The van der Waals surface area contributed by atoms with E-state index < -0.39 is 0 Å². The number of carbonyl (C=O) groups excluding carboxylic acids is 1. The second-order valence-corrected chi connectivity index (χ2v) is 5.75. The number of nitrogens with zero attached hydrogens (tertiary/aromatic N) is 2. The molecule has 0 aliphatic rings. The standard InChI is InChI=1S/C16H13BrN4O2/c1-10-8-15(21-23-10)19-13-6-7-18-14(9-13)16(22)20-12-4-2-11(17)3-5-12/h2-9H,1H3,(H,20,22)(H,18,19,21). The third kappa shape index (κ3) is 3.95. The van der Waals surface area contributed by atoms with Crippen LogP contribution >= 0.6 is 15.9 Å². The van der Waals surface area contributed by atoms with Crippen molar-refractivity contribution in [3.63, 3.8) is 0 Å². The number of carbonyl (C=O) groups is 1. The normalized spacial score (nSPS) is 10.3. The van der Waals surface area contributed by atoms with Crippen LogP contribution in [0.15, 0.2) is 57.7 Å². The number of aryl methyl sites for hydroxylation is 1. The molecule has 2 N–H and O–H groups in total. The largest absolute Gasteiger partial charge is 0.360 e. The van der Waals surface area contributed by atoms with Crippen LogP contribution in [0.5, 0.6) is 0 Å². The van der Waals surface area contributed by atoms with E-state index in [1.807, 2.05) is 31.2 Å². The highest BCUT2D eigenvalue weighted by Crippen LogP contribution is 2.18. The first kappa shape index (κ1) is 15.2. The van der Waals surface area contributed by atoms with E-state index in [0.717, 1.165) is 4.47 Å². The number of aromatic nitrogens is 2. The van der Waals surface area contributed by atoms with Gasteiger partial charge in [0, 0.05) is 28.1 Å². The van der Waals surface area contributed by atoms with E-state index in [1.54, 1.807) is 24.4 Å². The number of anilines is 3. The molecule has 1 aromatic carbocycles. The Morgan fingerprint density at radius 3 is 2.61 bits per heavy atom. The maximum atomic E-state index is 12.3. The van der Waals surface area contributed by atoms with Gasteiger partial charge in [0.25, 0.3) is 5.91 Å². The van der Waals surface area contributed by atoms with E-state index in [-0.39, 0.29) is 5.91 Å². The molecule has 116 valence electrons. The van der Waals surface area contributed by atoms with Crippen molar-refractivity contribution in [3.05, 3.63) is 64.6 Å². The Morgan fingerprint density at radius 1 is 1.13 bits per heavy atom. The molecular weight excluding hydrogens is 360 g/mol. The maximum Gasteiger partial charge on any atom is 0.274 e. The summed E-state index contributed by atoms with van der Waals surface area (Å²) in [4.78, 5) is 16.4. The van der Waals surface area contributed by atoms with Crippen molar-refractivity contribution in [2.24, 2.45) is 0 Å². The zero-order valence-corrected chi connectivity index (χ0v) is 13.8. The number of benzene rings is 1. The molecule has 0 radical (unpaired) electrons. The topological polar surface area (TPSA) is 80.0 Å². The van der Waals surface area contributed by atoms with Crippen molar-refractivity contribution in [2.75, 3.05) is 10.6 Å². The molecule has 0 aliphatic heterocycles. The number of nitrogens with one attached hydrogen (secondary N) is 2. The number of hydrogen-bond acceptors (Lipinski definition) is 5. The molecule has 6 nitrogen and oxygen atoms in total. The highest BCUT2D eigenvalue weighted by Gasteiger charge is 2.09. The molecule has 2 heterocycles. The number of rotatable bonds is 4. The van der Waals surface area contributed by atoms with E-state index in [2.05, 4.69) is 36.7 Å². The summed E-state index contributed by atoms with van der Waals surface area (Å²) in [6, 6.07) is 12.5. The van der Waals surface area contributed by atoms with Gasteiger partial charge in [-0.25, -0.2) is 0 Å². The van der Waals surface area contributed by atoms with E-state index in [1.165, 1.54) is 0 Å². The monoisotopic (exact) mass is 372 g/mol. The highest BCUT2D eigenvalue weighted by molar-refractivity contribution is 9.10. The van der Waals surface area contributed by atoms with Crippen LogP contribution in [0.3, 0.4) is 0 Å². The predicted octanol–water partition coefficient (Wildman–Crippen LogP) is 4.14. The van der Waals surface area contributed by atoms with Crippen LogP contribution in [0.4, 0.5) is 17.2 Å². The number of amides is 1. The molecule has 2 aromatic heterocycles. The quantitative estimate of drug-likeness (QED) is 0.719. The van der Waals surface area contributed by atoms with Crippen molar-refractivity contribution in [1.82, 2.24) is 10.1 Å². The lowest BCUT2D eigenvalue weighted by molar-refractivity contribution is 0.102. The highest BCUT2D eigenvalue weighted by atomic mass is 79.9. The zero-order valence-electron chi connectivity index (χ0n) is 12.2. The van der Waals surface area contributed by atoms with Gasteiger partial charge in [0.15, 0.2) is 5.82 Å². The molecule has 23 heavy (non-hydrogen) atoms. The second-order valence-electron chi connectivity index (χ2n) is 4.84. The molecule has 0 unspecified atom stereocenters. The van der Waals surface area contributed by atoms with Crippen LogP contribution in [0.25, 0.3) is 0 Å². The first-order chi connectivity index (χ1) is 11.1. The summed E-state index contributed by atoms with van der Waals surface area (Å²) < 4.78 is 5.94. The average Bonchev–Trinajstić information content (AvgIpc) is 2.95. The Morgan fingerprint density at radius 2 is 1.91 bits per heavy atom. The van der Waals surface area contributed by atoms with Gasteiger partial charge in [-0.3, -0.25) is 9.78 Å². The minimum absolute atomic E-state index is 0.285. The molecule has 0 bridgehead atoms. The zero-order chi connectivity index (χ0) is 16.2. The minimum atomic E-state index is -0.285. The molecular formula is C16H13BrN4O2. The molecule has 0 saturated carbocycles. The summed E-state index contributed by atoms with van der Waals surface area (Å²) in [6.45, 7) is 1.81. The number of pyridine rings is 1. The van der Waals surface area contributed by atoms with Gasteiger partial charge < -0.3 is 15.2 Å². The summed E-state index contributed by atoms with van der Waals surface area (Å²) in [6.07, 6.45) is 1.56. The fraction of sp³-hybridized carbons (Fsp3) is 0.0625. The third-order valence-corrected chi connectivity index (χ3v) is 3.52. The summed E-state index contributed by atoms with van der Waals surface area (Å²) >= 11 is 3.35. The Labute approximate surface area is 141 Å². The van der Waals surface area contributed by atoms with Gasteiger partial charge >= 0.3 is 0 Å². The van der Waals surface area contributed by atoms with Gasteiger partial charge in [0.05, 0.1) is 0 Å². The lowest BCUT2D eigenvalue weighted by Crippen LogP contribution is -2.13. The summed E-state index contributed by atoms with van der Waals surface area (Å²) in [5.41, 5.74) is 1.71. The molecule has 3 aromatic rings. The minimum Gasteiger partial charge on any atom is -0.360 e. The maximum absolute atomic E-state index is 12.3. The number of hydrogen-bond donors (Lipinski definition) is 2. The van der Waals surface area contributed by atoms with Gasteiger partial charge in [-0.15, -0.1) is 0 Å². The van der Waals surface area contributed by atoms with Gasteiger partial charge in [0.1, 0.15) is 11.5 Å². The van der Waals surface area contributed by atoms with Crippen LogP contribution in [0, 0.1) is 6.92 Å². The first-order valence-corrected chi connectivity index (χ1v) is 7.63. The van der Waals surface area contributed by atoms with Crippen LogP contribution < -0.4 is 10.6 Å². The summed E-state index contributed by atoms with van der Waals surface area (Å²) in [7, 11) is 0. The van der Waals surface area contributed by atoms with Crippen LogP contribution in [-0.2, 0) is 0 Å². The lowest BCUT2D eigenvalue weighted by Gasteiger charge is -2.07. The molecule has 0 aliphatic carbocycles. The molecule has 7 heteroatoms.